The lowest BCUT2D eigenvalue weighted by molar-refractivity contribution is -0.119. The number of hydrogen-bond acceptors (Lipinski definition) is 6. The number of rotatable bonds is 6. The zero-order valence-corrected chi connectivity index (χ0v) is 16.2. The van der Waals surface area contributed by atoms with Crippen molar-refractivity contribution >= 4 is 33.7 Å². The van der Waals surface area contributed by atoms with Gasteiger partial charge >= 0.3 is 0 Å². The number of anilines is 1. The quantitative estimate of drug-likeness (QED) is 0.446. The highest BCUT2D eigenvalue weighted by Gasteiger charge is 2.13. The molecule has 0 unspecified atom stereocenters. The number of benzene rings is 2. The number of fused-ring (bicyclic) bond motifs is 1. The third-order valence-corrected chi connectivity index (χ3v) is 4.49. The number of carbonyl (C=O) groups excluding carboxylic acids is 1. The van der Waals surface area contributed by atoms with Crippen molar-refractivity contribution in [3.63, 3.8) is 0 Å². The van der Waals surface area contributed by atoms with Crippen LogP contribution in [0.4, 0.5) is 5.69 Å². The number of nitrogens with one attached hydrogen (secondary N) is 2. The van der Waals surface area contributed by atoms with Gasteiger partial charge in [-0.05, 0) is 36.4 Å². The highest BCUT2D eigenvalue weighted by molar-refractivity contribution is 9.10. The number of furan rings is 1. The van der Waals surface area contributed by atoms with Crippen LogP contribution in [0.15, 0.2) is 68.6 Å². The molecule has 1 aliphatic heterocycles. The molecule has 0 saturated carbocycles. The molecule has 0 aliphatic carbocycles. The minimum Gasteiger partial charge on any atom is -0.455 e. The Morgan fingerprint density at radius 3 is 2.75 bits per heavy atom. The van der Waals surface area contributed by atoms with Crippen LogP contribution in [0.25, 0.3) is 11.3 Å². The van der Waals surface area contributed by atoms with Crippen LogP contribution in [-0.2, 0) is 4.79 Å². The number of ether oxygens (including phenoxy) is 2. The molecular formula is C20H16BrN3O4. The van der Waals surface area contributed by atoms with Gasteiger partial charge in [0.15, 0.2) is 11.5 Å². The van der Waals surface area contributed by atoms with Crippen molar-refractivity contribution in [2.45, 2.75) is 0 Å². The standard InChI is InChI=1S/C20H16BrN3O4/c21-14-3-1-13(2-4-14)17-8-6-16(28-17)10-23-24-20(25)11-22-15-5-7-18-19(9-15)27-12-26-18/h1-10,22H,11-12H2,(H,24,25). The van der Waals surface area contributed by atoms with Crippen LogP contribution in [0.5, 0.6) is 11.5 Å². The van der Waals surface area contributed by atoms with Gasteiger partial charge in [-0.3, -0.25) is 4.79 Å². The fraction of sp³-hybridized carbons (Fsp3) is 0.100. The maximum Gasteiger partial charge on any atom is 0.259 e. The number of hydrogen-bond donors (Lipinski definition) is 2. The average molecular weight is 442 g/mol. The van der Waals surface area contributed by atoms with Crippen LogP contribution in [0.1, 0.15) is 5.76 Å². The van der Waals surface area contributed by atoms with Gasteiger partial charge in [0.1, 0.15) is 11.5 Å². The summed E-state index contributed by atoms with van der Waals surface area (Å²) in [7, 11) is 0. The highest BCUT2D eigenvalue weighted by Crippen LogP contribution is 2.34. The first-order valence-corrected chi connectivity index (χ1v) is 9.28. The number of halogens is 1. The normalized spacial score (nSPS) is 12.3. The monoisotopic (exact) mass is 441 g/mol. The fourth-order valence-corrected chi connectivity index (χ4v) is 2.85. The molecule has 2 heterocycles. The maximum absolute atomic E-state index is 11.9. The summed E-state index contributed by atoms with van der Waals surface area (Å²) >= 11 is 3.40. The number of hydrazone groups is 1. The summed E-state index contributed by atoms with van der Waals surface area (Å²) in [5.74, 6) is 2.34. The molecule has 142 valence electrons. The molecule has 0 bridgehead atoms. The summed E-state index contributed by atoms with van der Waals surface area (Å²) < 4.78 is 17.3. The molecule has 3 aromatic rings. The molecule has 1 amide bonds. The van der Waals surface area contributed by atoms with Gasteiger partial charge in [-0.15, -0.1) is 0 Å². The zero-order chi connectivity index (χ0) is 19.3. The van der Waals surface area contributed by atoms with E-state index < -0.39 is 0 Å². The molecule has 4 rings (SSSR count). The molecule has 8 heteroatoms. The third kappa shape index (κ3) is 4.34. The van der Waals surface area contributed by atoms with E-state index in [-0.39, 0.29) is 19.2 Å². The molecule has 0 fully saturated rings. The molecule has 0 atom stereocenters. The lowest BCUT2D eigenvalue weighted by Gasteiger charge is -2.06. The summed E-state index contributed by atoms with van der Waals surface area (Å²) in [5, 5.41) is 6.93. The van der Waals surface area contributed by atoms with E-state index in [1.165, 1.54) is 6.21 Å². The topological polar surface area (TPSA) is 85.1 Å². The van der Waals surface area contributed by atoms with E-state index in [1.807, 2.05) is 36.4 Å². The Balaban J connectivity index is 1.27. The van der Waals surface area contributed by atoms with Crippen molar-refractivity contribution in [2.24, 2.45) is 5.10 Å². The van der Waals surface area contributed by atoms with Gasteiger partial charge < -0.3 is 19.2 Å². The molecule has 1 aliphatic rings. The van der Waals surface area contributed by atoms with Gasteiger partial charge in [0.2, 0.25) is 6.79 Å². The molecule has 2 aromatic carbocycles. The van der Waals surface area contributed by atoms with E-state index in [2.05, 4.69) is 31.8 Å². The predicted molar refractivity (Wildman–Crippen MR) is 109 cm³/mol. The maximum atomic E-state index is 11.9. The molecule has 0 spiro atoms. The second kappa shape index (κ2) is 8.18. The van der Waals surface area contributed by atoms with Crippen molar-refractivity contribution in [3.05, 3.63) is 64.8 Å². The Morgan fingerprint density at radius 2 is 1.89 bits per heavy atom. The molecule has 1 aromatic heterocycles. The largest absolute Gasteiger partial charge is 0.455 e. The van der Waals surface area contributed by atoms with Gasteiger partial charge in [-0.25, -0.2) is 5.43 Å². The fourth-order valence-electron chi connectivity index (χ4n) is 2.59. The van der Waals surface area contributed by atoms with Crippen LogP contribution in [-0.4, -0.2) is 25.5 Å². The molecule has 28 heavy (non-hydrogen) atoms. The van der Waals surface area contributed by atoms with Crippen LogP contribution in [0.3, 0.4) is 0 Å². The van der Waals surface area contributed by atoms with Crippen LogP contribution in [0, 0.1) is 0 Å². The lowest BCUT2D eigenvalue weighted by Crippen LogP contribution is -2.25. The summed E-state index contributed by atoms with van der Waals surface area (Å²) in [4.78, 5) is 11.9. The second-order valence-corrected chi connectivity index (χ2v) is 6.84. The van der Waals surface area contributed by atoms with E-state index in [0.29, 0.717) is 17.3 Å². The van der Waals surface area contributed by atoms with E-state index in [1.54, 1.807) is 18.2 Å². The molecule has 7 nitrogen and oxygen atoms in total. The predicted octanol–water partition coefficient (Wildman–Crippen LogP) is 4.00. The summed E-state index contributed by atoms with van der Waals surface area (Å²) in [6.07, 6.45) is 1.46. The third-order valence-electron chi connectivity index (χ3n) is 3.96. The van der Waals surface area contributed by atoms with Gasteiger partial charge in [0.05, 0.1) is 12.8 Å². The summed E-state index contributed by atoms with van der Waals surface area (Å²) in [5.41, 5.74) is 4.17. The second-order valence-electron chi connectivity index (χ2n) is 5.92. The number of nitrogens with zero attached hydrogens (tertiary/aromatic N) is 1. The molecule has 0 radical (unpaired) electrons. The number of carbonyl (C=O) groups is 1. The van der Waals surface area contributed by atoms with Crippen molar-refractivity contribution in [1.29, 1.82) is 0 Å². The van der Waals surface area contributed by atoms with E-state index in [0.717, 1.165) is 21.5 Å². The lowest BCUT2D eigenvalue weighted by atomic mass is 10.2. The minimum atomic E-state index is -0.284. The van der Waals surface area contributed by atoms with Gasteiger partial charge in [0, 0.05) is 21.8 Å². The molecular weight excluding hydrogens is 426 g/mol. The van der Waals surface area contributed by atoms with Gasteiger partial charge in [0.25, 0.3) is 5.91 Å². The number of amides is 1. The van der Waals surface area contributed by atoms with E-state index >= 15 is 0 Å². The van der Waals surface area contributed by atoms with Crippen LogP contribution < -0.4 is 20.2 Å². The van der Waals surface area contributed by atoms with Crippen molar-refractivity contribution < 1.29 is 18.7 Å². The van der Waals surface area contributed by atoms with Gasteiger partial charge in [-0.2, -0.15) is 5.10 Å². The Kier molecular flexibility index (Phi) is 5.29. The smallest absolute Gasteiger partial charge is 0.259 e. The summed E-state index contributed by atoms with van der Waals surface area (Å²) in [6, 6.07) is 16.8. The van der Waals surface area contributed by atoms with Crippen molar-refractivity contribution in [1.82, 2.24) is 5.43 Å². The van der Waals surface area contributed by atoms with Crippen LogP contribution >= 0.6 is 15.9 Å². The van der Waals surface area contributed by atoms with E-state index in [4.69, 9.17) is 13.9 Å². The highest BCUT2D eigenvalue weighted by atomic mass is 79.9. The first kappa shape index (κ1) is 18.1. The van der Waals surface area contributed by atoms with E-state index in [9.17, 15) is 4.79 Å². The van der Waals surface area contributed by atoms with Crippen molar-refractivity contribution in [2.75, 3.05) is 18.7 Å². The SMILES string of the molecule is O=C(CNc1ccc2c(c1)OCO2)NN=Cc1ccc(-c2ccc(Br)cc2)o1. The first-order valence-electron chi connectivity index (χ1n) is 8.48. The van der Waals surface area contributed by atoms with Crippen molar-refractivity contribution in [3.8, 4) is 22.8 Å². The Bertz CT molecular complexity index is 1010. The van der Waals surface area contributed by atoms with Crippen LogP contribution in [0.2, 0.25) is 0 Å². The molecule has 2 N–H and O–H groups in total. The Morgan fingerprint density at radius 1 is 1.07 bits per heavy atom. The Hall–Kier alpha value is -3.26. The Labute approximate surface area is 169 Å². The first-order chi connectivity index (χ1) is 13.7. The minimum absolute atomic E-state index is 0.0687. The molecule has 0 saturated heterocycles. The average Bonchev–Trinajstić information content (AvgIpc) is 3.36. The zero-order valence-electron chi connectivity index (χ0n) is 14.6. The summed E-state index contributed by atoms with van der Waals surface area (Å²) in [6.45, 7) is 0.281. The van der Waals surface area contributed by atoms with Gasteiger partial charge in [-0.1, -0.05) is 28.1 Å².